The molecule has 0 radical (unpaired) electrons. The maximum atomic E-state index is 13.4. The zero-order chi connectivity index (χ0) is 15.3. The summed E-state index contributed by atoms with van der Waals surface area (Å²) in [5.74, 6) is -1.42. The Morgan fingerprint density at radius 1 is 1.40 bits per heavy atom. The molecule has 0 aliphatic heterocycles. The lowest BCUT2D eigenvalue weighted by Crippen LogP contribution is -2.39. The quantitative estimate of drug-likeness (QED) is 0.833. The van der Waals surface area contributed by atoms with Crippen molar-refractivity contribution in [3.63, 3.8) is 0 Å². The molecule has 0 spiro atoms. The predicted molar refractivity (Wildman–Crippen MR) is 77.5 cm³/mol. The molecule has 20 heavy (non-hydrogen) atoms. The first-order chi connectivity index (χ1) is 9.35. The molecule has 0 aliphatic carbocycles. The Bertz CT molecular complexity index is 463. The molecule has 0 heterocycles. The fourth-order valence-electron chi connectivity index (χ4n) is 2.34. The Kier molecular flexibility index (Phi) is 6.10. The van der Waals surface area contributed by atoms with E-state index in [1.807, 2.05) is 21.0 Å². The van der Waals surface area contributed by atoms with Gasteiger partial charge in [0.2, 0.25) is 0 Å². The van der Waals surface area contributed by atoms with Crippen LogP contribution in [-0.4, -0.2) is 54.1 Å². The lowest BCUT2D eigenvalue weighted by atomic mass is 10.1. The molecule has 0 fully saturated rings. The highest BCUT2D eigenvalue weighted by Gasteiger charge is 2.17. The van der Waals surface area contributed by atoms with E-state index in [-0.39, 0.29) is 11.6 Å². The van der Waals surface area contributed by atoms with Crippen LogP contribution >= 0.6 is 0 Å². The van der Waals surface area contributed by atoms with Crippen molar-refractivity contribution in [1.29, 1.82) is 0 Å². The number of likely N-dealkylation sites (N-methyl/N-ethyl adjacent to an activating group) is 2. The van der Waals surface area contributed by atoms with Crippen LogP contribution in [-0.2, 0) is 6.54 Å². The third-order valence-electron chi connectivity index (χ3n) is 3.33. The van der Waals surface area contributed by atoms with Gasteiger partial charge < -0.3 is 10.0 Å². The second-order valence-electron chi connectivity index (χ2n) is 5.28. The third-order valence-corrected chi connectivity index (χ3v) is 3.33. The largest absolute Gasteiger partial charge is 0.478 e. The van der Waals surface area contributed by atoms with E-state index >= 15 is 0 Å². The standard InChI is InChI=1S/C15H23FN2O2/c1-5-18(11(2)9-17(3)4)10-12-8-13(16)6-7-14(12)15(19)20/h6-8,11H,5,9-10H2,1-4H3,(H,19,20). The first kappa shape index (κ1) is 16.6. The summed E-state index contributed by atoms with van der Waals surface area (Å²) in [5, 5.41) is 9.18. The molecular weight excluding hydrogens is 259 g/mol. The van der Waals surface area contributed by atoms with E-state index < -0.39 is 11.8 Å². The van der Waals surface area contributed by atoms with Crippen LogP contribution in [0.4, 0.5) is 4.39 Å². The van der Waals surface area contributed by atoms with Gasteiger partial charge in [0.05, 0.1) is 5.56 Å². The number of carbonyl (C=O) groups is 1. The van der Waals surface area contributed by atoms with Crippen LogP contribution in [0.1, 0.15) is 29.8 Å². The molecule has 0 saturated carbocycles. The van der Waals surface area contributed by atoms with Crippen molar-refractivity contribution >= 4 is 5.97 Å². The SMILES string of the molecule is CCN(Cc1cc(F)ccc1C(=O)O)C(C)CN(C)C. The maximum absolute atomic E-state index is 13.4. The highest BCUT2D eigenvalue weighted by atomic mass is 19.1. The Morgan fingerprint density at radius 3 is 2.55 bits per heavy atom. The first-order valence-corrected chi connectivity index (χ1v) is 6.75. The van der Waals surface area contributed by atoms with Crippen LogP contribution < -0.4 is 0 Å². The van der Waals surface area contributed by atoms with Gasteiger partial charge in [-0.25, -0.2) is 9.18 Å². The summed E-state index contributed by atoms with van der Waals surface area (Å²) in [4.78, 5) is 15.4. The third kappa shape index (κ3) is 4.58. The Labute approximate surface area is 119 Å². The summed E-state index contributed by atoms with van der Waals surface area (Å²) >= 11 is 0. The van der Waals surface area contributed by atoms with Gasteiger partial charge in [0.1, 0.15) is 5.82 Å². The second kappa shape index (κ2) is 7.36. The number of hydrogen-bond acceptors (Lipinski definition) is 3. The number of rotatable bonds is 7. The molecule has 1 aromatic rings. The van der Waals surface area contributed by atoms with E-state index in [0.717, 1.165) is 13.1 Å². The van der Waals surface area contributed by atoms with Crippen LogP contribution in [0.5, 0.6) is 0 Å². The van der Waals surface area contributed by atoms with Gasteiger partial charge >= 0.3 is 5.97 Å². The molecule has 0 aliphatic rings. The van der Waals surface area contributed by atoms with Crippen molar-refractivity contribution in [1.82, 2.24) is 9.80 Å². The molecule has 1 rings (SSSR count). The van der Waals surface area contributed by atoms with E-state index in [0.29, 0.717) is 12.1 Å². The maximum Gasteiger partial charge on any atom is 0.336 e. The number of carboxylic acid groups (broad SMARTS) is 1. The Morgan fingerprint density at radius 2 is 2.05 bits per heavy atom. The van der Waals surface area contributed by atoms with Crippen molar-refractivity contribution in [3.8, 4) is 0 Å². The van der Waals surface area contributed by atoms with Gasteiger partial charge in [0.25, 0.3) is 0 Å². The fourth-order valence-corrected chi connectivity index (χ4v) is 2.34. The molecule has 0 amide bonds. The predicted octanol–water partition coefficient (Wildman–Crippen LogP) is 2.30. The number of nitrogens with zero attached hydrogens (tertiary/aromatic N) is 2. The van der Waals surface area contributed by atoms with Crippen LogP contribution in [0, 0.1) is 5.82 Å². The molecule has 4 nitrogen and oxygen atoms in total. The highest BCUT2D eigenvalue weighted by Crippen LogP contribution is 2.16. The average Bonchev–Trinajstić information content (AvgIpc) is 2.34. The molecule has 0 saturated heterocycles. The molecule has 0 bridgehead atoms. The molecule has 1 aromatic carbocycles. The summed E-state index contributed by atoms with van der Waals surface area (Å²) in [6, 6.07) is 4.10. The minimum atomic E-state index is -1.02. The summed E-state index contributed by atoms with van der Waals surface area (Å²) in [5.41, 5.74) is 0.687. The molecule has 0 aromatic heterocycles. The monoisotopic (exact) mass is 282 g/mol. The average molecular weight is 282 g/mol. The number of hydrogen-bond donors (Lipinski definition) is 1. The topological polar surface area (TPSA) is 43.8 Å². The number of aromatic carboxylic acids is 1. The minimum Gasteiger partial charge on any atom is -0.478 e. The van der Waals surface area contributed by atoms with E-state index in [9.17, 15) is 14.3 Å². The molecule has 1 atom stereocenters. The van der Waals surface area contributed by atoms with Crippen LogP contribution in [0.3, 0.4) is 0 Å². The summed E-state index contributed by atoms with van der Waals surface area (Å²) in [6.45, 7) is 6.19. The van der Waals surface area contributed by atoms with Gasteiger partial charge in [-0.2, -0.15) is 0 Å². The lowest BCUT2D eigenvalue weighted by Gasteiger charge is -2.30. The van der Waals surface area contributed by atoms with E-state index in [4.69, 9.17) is 0 Å². The molecule has 112 valence electrons. The van der Waals surface area contributed by atoms with E-state index in [1.54, 1.807) is 0 Å². The van der Waals surface area contributed by atoms with Crippen molar-refractivity contribution in [3.05, 3.63) is 35.1 Å². The molecule has 1 N–H and O–H groups in total. The van der Waals surface area contributed by atoms with Crippen molar-refractivity contribution in [2.24, 2.45) is 0 Å². The van der Waals surface area contributed by atoms with Crippen molar-refractivity contribution in [2.45, 2.75) is 26.4 Å². The number of benzene rings is 1. The second-order valence-corrected chi connectivity index (χ2v) is 5.28. The van der Waals surface area contributed by atoms with Gasteiger partial charge in [-0.15, -0.1) is 0 Å². The lowest BCUT2D eigenvalue weighted by molar-refractivity contribution is 0.0693. The Balaban J connectivity index is 2.94. The van der Waals surface area contributed by atoms with E-state index in [1.165, 1.54) is 18.2 Å². The first-order valence-electron chi connectivity index (χ1n) is 6.75. The van der Waals surface area contributed by atoms with Gasteiger partial charge in [-0.3, -0.25) is 4.90 Å². The fraction of sp³-hybridized carbons (Fsp3) is 0.533. The van der Waals surface area contributed by atoms with Crippen molar-refractivity contribution in [2.75, 3.05) is 27.2 Å². The zero-order valence-electron chi connectivity index (χ0n) is 12.6. The van der Waals surface area contributed by atoms with E-state index in [2.05, 4.69) is 16.7 Å². The summed E-state index contributed by atoms with van der Waals surface area (Å²) < 4.78 is 13.4. The van der Waals surface area contributed by atoms with Crippen LogP contribution in [0.15, 0.2) is 18.2 Å². The van der Waals surface area contributed by atoms with Crippen LogP contribution in [0.2, 0.25) is 0 Å². The minimum absolute atomic E-state index is 0.168. The number of carboxylic acids is 1. The summed E-state index contributed by atoms with van der Waals surface area (Å²) in [6.07, 6.45) is 0. The van der Waals surface area contributed by atoms with Gasteiger partial charge in [-0.05, 0) is 51.3 Å². The normalized spacial score (nSPS) is 12.9. The highest BCUT2D eigenvalue weighted by molar-refractivity contribution is 5.89. The van der Waals surface area contributed by atoms with Gasteiger partial charge in [0, 0.05) is 19.1 Å². The smallest absolute Gasteiger partial charge is 0.336 e. The van der Waals surface area contributed by atoms with Gasteiger partial charge in [0.15, 0.2) is 0 Å². The molecular formula is C15H23FN2O2. The summed E-state index contributed by atoms with van der Waals surface area (Å²) in [7, 11) is 3.99. The Hall–Kier alpha value is -1.46. The van der Waals surface area contributed by atoms with Crippen LogP contribution in [0.25, 0.3) is 0 Å². The van der Waals surface area contributed by atoms with Gasteiger partial charge in [-0.1, -0.05) is 6.92 Å². The molecule has 5 heteroatoms. The number of halogens is 1. The zero-order valence-corrected chi connectivity index (χ0v) is 12.6. The molecule has 1 unspecified atom stereocenters. The van der Waals surface area contributed by atoms with Crippen molar-refractivity contribution < 1.29 is 14.3 Å².